The molecule has 3 aromatic rings. The number of ether oxygens (including phenoxy) is 1. The van der Waals surface area contributed by atoms with Gasteiger partial charge >= 0.3 is 0 Å². The third kappa shape index (κ3) is 6.18. The summed E-state index contributed by atoms with van der Waals surface area (Å²) in [6, 6.07) is 14.0. The van der Waals surface area contributed by atoms with E-state index >= 15 is 0 Å². The summed E-state index contributed by atoms with van der Waals surface area (Å²) >= 11 is 8.72. The van der Waals surface area contributed by atoms with E-state index in [2.05, 4.69) is 58.8 Å². The number of halogens is 3. The van der Waals surface area contributed by atoms with E-state index < -0.39 is 0 Å². The largest absolute Gasteiger partial charge is 0.492 e. The van der Waals surface area contributed by atoms with Crippen LogP contribution in [-0.4, -0.2) is 39.1 Å². The second kappa shape index (κ2) is 11.8. The van der Waals surface area contributed by atoms with Gasteiger partial charge in [-0.3, -0.25) is 0 Å². The lowest BCUT2D eigenvalue weighted by molar-refractivity contribution is 0.333. The van der Waals surface area contributed by atoms with Gasteiger partial charge in [0, 0.05) is 28.9 Å². The quantitative estimate of drug-likeness (QED) is 0.303. The Kier molecular flexibility index (Phi) is 9.73. The zero-order chi connectivity index (χ0) is 19.1. The molecule has 28 heavy (non-hydrogen) atoms. The number of benzene rings is 2. The summed E-state index contributed by atoms with van der Waals surface area (Å²) in [6.07, 6.45) is 0. The number of hydrogen-bond donors (Lipinski definition) is 1. The van der Waals surface area contributed by atoms with E-state index in [-0.39, 0.29) is 12.4 Å². The number of thioether (sulfide) groups is 1. The summed E-state index contributed by atoms with van der Waals surface area (Å²) in [5.41, 5.74) is 2.07. The van der Waals surface area contributed by atoms with Crippen LogP contribution >= 0.6 is 56.0 Å². The first-order valence-corrected chi connectivity index (χ1v) is 11.0. The van der Waals surface area contributed by atoms with Crippen LogP contribution in [0, 0.1) is 0 Å². The van der Waals surface area contributed by atoms with E-state index in [4.69, 9.17) is 4.74 Å². The van der Waals surface area contributed by atoms with Gasteiger partial charge < -0.3 is 10.1 Å². The van der Waals surface area contributed by atoms with Gasteiger partial charge in [-0.05, 0) is 57.5 Å². The van der Waals surface area contributed by atoms with Crippen LogP contribution in [0.2, 0.25) is 0 Å². The molecule has 6 nitrogen and oxygen atoms in total. The maximum absolute atomic E-state index is 5.76. The fraction of sp³-hybridized carbons (Fsp3) is 0.278. The lowest BCUT2D eigenvalue weighted by Crippen LogP contribution is -2.17. The average Bonchev–Trinajstić information content (AvgIpc) is 3.13. The SMILES string of the molecule is CCOc1c(Br)cc(Br)cc1CNCCSc1nnnn1-c1ccccc1.Cl. The zero-order valence-corrected chi connectivity index (χ0v) is 19.9. The number of nitrogens with one attached hydrogen (secondary N) is 1. The van der Waals surface area contributed by atoms with E-state index in [1.165, 1.54) is 0 Å². The van der Waals surface area contributed by atoms with Gasteiger partial charge in [-0.1, -0.05) is 45.9 Å². The highest BCUT2D eigenvalue weighted by atomic mass is 79.9. The molecule has 10 heteroatoms. The molecule has 1 N–H and O–H groups in total. The Morgan fingerprint density at radius 3 is 2.71 bits per heavy atom. The average molecular weight is 550 g/mol. The summed E-state index contributed by atoms with van der Waals surface area (Å²) in [7, 11) is 0. The number of aromatic nitrogens is 4. The molecule has 0 amide bonds. The van der Waals surface area contributed by atoms with E-state index in [9.17, 15) is 0 Å². The molecule has 1 heterocycles. The number of para-hydroxylation sites is 1. The van der Waals surface area contributed by atoms with E-state index in [0.717, 1.165) is 49.9 Å². The lowest BCUT2D eigenvalue weighted by Gasteiger charge is -2.13. The molecule has 0 saturated carbocycles. The molecule has 0 aliphatic heterocycles. The molecule has 0 atom stereocenters. The van der Waals surface area contributed by atoms with Crippen LogP contribution < -0.4 is 10.1 Å². The molecule has 150 valence electrons. The van der Waals surface area contributed by atoms with Gasteiger partial charge in [-0.2, -0.15) is 4.68 Å². The molecule has 2 aromatic carbocycles. The number of rotatable bonds is 9. The van der Waals surface area contributed by atoms with Crippen LogP contribution in [0.5, 0.6) is 5.75 Å². The molecule has 0 aliphatic rings. The Morgan fingerprint density at radius 2 is 1.96 bits per heavy atom. The normalized spacial score (nSPS) is 10.5. The van der Waals surface area contributed by atoms with Gasteiger partial charge in [0.05, 0.1) is 16.8 Å². The first kappa shape index (κ1) is 23.2. The third-order valence-corrected chi connectivity index (χ3v) is 5.61. The highest BCUT2D eigenvalue weighted by Crippen LogP contribution is 2.33. The van der Waals surface area contributed by atoms with Crippen LogP contribution in [0.4, 0.5) is 0 Å². The first-order chi connectivity index (χ1) is 13.2. The van der Waals surface area contributed by atoms with Crippen molar-refractivity contribution >= 4 is 56.0 Å². The minimum Gasteiger partial charge on any atom is -0.492 e. The molecular formula is C18H20Br2ClN5OS. The predicted octanol–water partition coefficient (Wildman–Crippen LogP) is 4.89. The standard InChI is InChI=1S/C18H19Br2N5OS.ClH/c1-2-26-17-13(10-14(19)11-16(17)20)12-21-8-9-27-18-22-23-24-25(18)15-6-4-3-5-7-15;/h3-7,10-11,21H,2,8-9,12H2,1H3;1H. The van der Waals surface area contributed by atoms with E-state index in [1.807, 2.05) is 43.3 Å². The molecule has 0 fully saturated rings. The van der Waals surface area contributed by atoms with Crippen molar-refractivity contribution in [3.8, 4) is 11.4 Å². The Bertz CT molecular complexity index is 882. The predicted molar refractivity (Wildman–Crippen MR) is 122 cm³/mol. The van der Waals surface area contributed by atoms with Crippen LogP contribution in [0.3, 0.4) is 0 Å². The van der Waals surface area contributed by atoms with Crippen molar-refractivity contribution < 1.29 is 4.74 Å². The Labute approximate surface area is 191 Å². The topological polar surface area (TPSA) is 64.9 Å². The molecule has 0 saturated heterocycles. The van der Waals surface area contributed by atoms with Crippen LogP contribution in [-0.2, 0) is 6.54 Å². The number of nitrogens with zero attached hydrogens (tertiary/aromatic N) is 4. The summed E-state index contributed by atoms with van der Waals surface area (Å²) in [6.45, 7) is 4.16. The fourth-order valence-electron chi connectivity index (χ4n) is 2.49. The fourth-order valence-corrected chi connectivity index (χ4v) is 4.70. The van der Waals surface area contributed by atoms with E-state index in [1.54, 1.807) is 16.4 Å². The molecule has 1 aromatic heterocycles. The van der Waals surface area contributed by atoms with Crippen molar-refractivity contribution in [3.05, 3.63) is 57.0 Å². The van der Waals surface area contributed by atoms with Crippen molar-refractivity contribution in [3.63, 3.8) is 0 Å². The molecule has 0 unspecified atom stereocenters. The molecule has 0 spiro atoms. The van der Waals surface area contributed by atoms with Crippen LogP contribution in [0.1, 0.15) is 12.5 Å². The molecule has 0 aliphatic carbocycles. The van der Waals surface area contributed by atoms with Crippen molar-refractivity contribution in [1.82, 2.24) is 25.5 Å². The highest BCUT2D eigenvalue weighted by molar-refractivity contribution is 9.11. The Morgan fingerprint density at radius 1 is 1.18 bits per heavy atom. The minimum absolute atomic E-state index is 0. The molecule has 3 rings (SSSR count). The van der Waals surface area contributed by atoms with Gasteiger partial charge in [0.15, 0.2) is 0 Å². The summed E-state index contributed by atoms with van der Waals surface area (Å²) in [4.78, 5) is 0. The lowest BCUT2D eigenvalue weighted by atomic mass is 10.2. The van der Waals surface area contributed by atoms with E-state index in [0.29, 0.717) is 6.61 Å². The molecule has 0 bridgehead atoms. The van der Waals surface area contributed by atoms with Crippen LogP contribution in [0.15, 0.2) is 56.6 Å². The Balaban J connectivity index is 0.00000280. The van der Waals surface area contributed by atoms with Crippen molar-refractivity contribution in [2.75, 3.05) is 18.9 Å². The maximum Gasteiger partial charge on any atom is 0.214 e. The summed E-state index contributed by atoms with van der Waals surface area (Å²) < 4.78 is 9.48. The molecular weight excluding hydrogens is 530 g/mol. The van der Waals surface area contributed by atoms with Crippen molar-refractivity contribution in [2.24, 2.45) is 0 Å². The van der Waals surface area contributed by atoms with Crippen LogP contribution in [0.25, 0.3) is 5.69 Å². The first-order valence-electron chi connectivity index (χ1n) is 8.47. The van der Waals surface area contributed by atoms with Gasteiger partial charge in [-0.25, -0.2) is 0 Å². The van der Waals surface area contributed by atoms with Gasteiger partial charge in [0.2, 0.25) is 5.16 Å². The third-order valence-electron chi connectivity index (χ3n) is 3.64. The van der Waals surface area contributed by atoms with Gasteiger partial charge in [-0.15, -0.1) is 17.5 Å². The van der Waals surface area contributed by atoms with Gasteiger partial charge in [0.1, 0.15) is 5.75 Å². The maximum atomic E-state index is 5.76. The number of hydrogen-bond acceptors (Lipinski definition) is 6. The zero-order valence-electron chi connectivity index (χ0n) is 15.1. The Hall–Kier alpha value is -1.13. The van der Waals surface area contributed by atoms with Gasteiger partial charge in [0.25, 0.3) is 0 Å². The summed E-state index contributed by atoms with van der Waals surface area (Å²) in [5, 5.41) is 16.2. The van der Waals surface area contributed by atoms with Crippen molar-refractivity contribution in [1.29, 1.82) is 0 Å². The summed E-state index contributed by atoms with van der Waals surface area (Å²) in [5.74, 6) is 1.74. The monoisotopic (exact) mass is 547 g/mol. The number of tetrazole rings is 1. The second-order valence-corrected chi connectivity index (χ2v) is 8.38. The highest BCUT2D eigenvalue weighted by Gasteiger charge is 2.11. The molecule has 0 radical (unpaired) electrons. The smallest absolute Gasteiger partial charge is 0.214 e. The minimum atomic E-state index is 0. The second-order valence-electron chi connectivity index (χ2n) is 5.54. The van der Waals surface area contributed by atoms with Crippen molar-refractivity contribution in [2.45, 2.75) is 18.6 Å².